The van der Waals surface area contributed by atoms with E-state index in [1.54, 1.807) is 13.3 Å². The molecule has 2 aromatic carbocycles. The van der Waals surface area contributed by atoms with Crippen molar-refractivity contribution in [1.82, 2.24) is 0 Å². The molecule has 0 aliphatic heterocycles. The van der Waals surface area contributed by atoms with Crippen molar-refractivity contribution in [3.8, 4) is 11.5 Å². The molecule has 1 aliphatic rings. The molecular weight excluding hydrogens is 426 g/mol. The van der Waals surface area contributed by atoms with Gasteiger partial charge in [-0.1, -0.05) is 41.6 Å². The largest absolute Gasteiger partial charge is 0.493 e. The van der Waals surface area contributed by atoms with Gasteiger partial charge in [-0.2, -0.15) is 0 Å². The van der Waals surface area contributed by atoms with E-state index in [9.17, 15) is 0 Å². The predicted octanol–water partition coefficient (Wildman–Crippen LogP) is 6.64. The first kappa shape index (κ1) is 25.8. The second kappa shape index (κ2) is 13.8. The van der Waals surface area contributed by atoms with Crippen molar-refractivity contribution in [2.24, 2.45) is 17.0 Å². The van der Waals surface area contributed by atoms with Crippen molar-refractivity contribution >= 4 is 6.21 Å². The van der Waals surface area contributed by atoms with Gasteiger partial charge in [0.25, 0.3) is 0 Å². The Hall–Kier alpha value is -2.79. The summed E-state index contributed by atoms with van der Waals surface area (Å²) >= 11 is 0. The number of hydrogen-bond acceptors (Lipinski definition) is 5. The van der Waals surface area contributed by atoms with Crippen molar-refractivity contribution < 1.29 is 19.0 Å². The van der Waals surface area contributed by atoms with E-state index in [1.165, 1.54) is 31.2 Å². The lowest BCUT2D eigenvalue weighted by Crippen LogP contribution is -2.23. The van der Waals surface area contributed by atoms with Gasteiger partial charge < -0.3 is 19.0 Å². The fourth-order valence-electron chi connectivity index (χ4n) is 4.39. The van der Waals surface area contributed by atoms with Gasteiger partial charge in [-0.25, -0.2) is 0 Å². The molecule has 0 heterocycles. The zero-order chi connectivity index (χ0) is 24.2. The monoisotopic (exact) mass is 465 g/mol. The van der Waals surface area contributed by atoms with E-state index >= 15 is 0 Å². The fourth-order valence-corrected chi connectivity index (χ4v) is 4.39. The molecule has 5 heteroatoms. The summed E-state index contributed by atoms with van der Waals surface area (Å²) in [6.07, 6.45) is 10.5. The summed E-state index contributed by atoms with van der Waals surface area (Å²) in [5, 5.41) is 3.78. The van der Waals surface area contributed by atoms with Crippen LogP contribution in [0.3, 0.4) is 0 Å². The van der Waals surface area contributed by atoms with Gasteiger partial charge in [0, 0.05) is 6.61 Å². The number of benzene rings is 2. The average Bonchev–Trinajstić information content (AvgIpc) is 2.84. The molecule has 1 saturated carbocycles. The SMILES string of the molecule is C/C=C/COc1cc(C)c(OCC2CCC(COCc3ccc(/C=N\OC)cc3)CC2)c(C)c1. The minimum atomic E-state index is 0.596. The highest BCUT2D eigenvalue weighted by molar-refractivity contribution is 5.79. The molecule has 34 heavy (non-hydrogen) atoms. The Balaban J connectivity index is 1.36. The van der Waals surface area contributed by atoms with Crippen LogP contribution < -0.4 is 9.47 Å². The molecule has 0 saturated heterocycles. The summed E-state index contributed by atoms with van der Waals surface area (Å²) in [7, 11) is 1.54. The van der Waals surface area contributed by atoms with Gasteiger partial charge in [0.05, 0.1) is 19.4 Å². The minimum Gasteiger partial charge on any atom is -0.493 e. The van der Waals surface area contributed by atoms with Gasteiger partial charge in [-0.15, -0.1) is 0 Å². The van der Waals surface area contributed by atoms with Crippen LogP contribution in [-0.2, 0) is 16.2 Å². The first-order valence-corrected chi connectivity index (χ1v) is 12.3. The second-order valence-electron chi connectivity index (χ2n) is 9.14. The van der Waals surface area contributed by atoms with Gasteiger partial charge in [0.2, 0.25) is 0 Å². The number of allylic oxidation sites excluding steroid dienone is 1. The Morgan fingerprint density at radius 3 is 2.18 bits per heavy atom. The molecular formula is C29H39NO4. The third-order valence-electron chi connectivity index (χ3n) is 6.35. The highest BCUT2D eigenvalue weighted by Crippen LogP contribution is 2.32. The van der Waals surface area contributed by atoms with E-state index in [4.69, 9.17) is 19.0 Å². The number of nitrogens with zero attached hydrogens (tertiary/aromatic N) is 1. The van der Waals surface area contributed by atoms with E-state index in [1.807, 2.05) is 31.2 Å². The van der Waals surface area contributed by atoms with Crippen molar-refractivity contribution in [1.29, 1.82) is 0 Å². The maximum absolute atomic E-state index is 6.28. The van der Waals surface area contributed by atoms with E-state index in [0.717, 1.165) is 41.4 Å². The zero-order valence-corrected chi connectivity index (χ0v) is 21.1. The first-order chi connectivity index (χ1) is 16.6. The Morgan fingerprint density at radius 2 is 1.56 bits per heavy atom. The van der Waals surface area contributed by atoms with Crippen LogP contribution in [0.1, 0.15) is 54.9 Å². The third kappa shape index (κ3) is 8.21. The van der Waals surface area contributed by atoms with Crippen LogP contribution in [-0.4, -0.2) is 33.1 Å². The van der Waals surface area contributed by atoms with Crippen LogP contribution in [0.2, 0.25) is 0 Å². The smallest absolute Gasteiger partial charge is 0.125 e. The average molecular weight is 466 g/mol. The molecule has 5 nitrogen and oxygen atoms in total. The molecule has 0 spiro atoms. The number of hydrogen-bond donors (Lipinski definition) is 0. The van der Waals surface area contributed by atoms with Crippen LogP contribution in [0, 0.1) is 25.7 Å². The zero-order valence-electron chi connectivity index (χ0n) is 21.1. The highest BCUT2D eigenvalue weighted by atomic mass is 16.6. The summed E-state index contributed by atoms with van der Waals surface area (Å²) in [5.74, 6) is 3.16. The standard InChI is InChI=1S/C29H39NO4/c1-5-6-15-33-28-16-22(2)29(23(3)17-28)34-21-27-13-11-26(12-14-27)20-32-19-25-9-7-24(8-10-25)18-30-31-4/h5-10,16-18,26-27H,11-15,19-21H2,1-4H3/b6-5+,30-18-. The molecule has 0 atom stereocenters. The Labute approximate surface area is 204 Å². The molecule has 0 bridgehead atoms. The molecule has 3 rings (SSSR count). The normalized spacial score (nSPS) is 18.5. The Kier molecular flexibility index (Phi) is 10.5. The van der Waals surface area contributed by atoms with Crippen LogP contribution in [0.5, 0.6) is 11.5 Å². The number of rotatable bonds is 12. The van der Waals surface area contributed by atoms with Crippen molar-refractivity contribution in [3.63, 3.8) is 0 Å². The summed E-state index contributed by atoms with van der Waals surface area (Å²) in [5.41, 5.74) is 4.47. The lowest BCUT2D eigenvalue weighted by atomic mass is 9.83. The fraction of sp³-hybridized carbons (Fsp3) is 0.483. The summed E-state index contributed by atoms with van der Waals surface area (Å²) in [6.45, 7) is 9.05. The molecule has 1 aliphatic carbocycles. The minimum absolute atomic E-state index is 0.596. The summed E-state index contributed by atoms with van der Waals surface area (Å²) < 4.78 is 18.1. The van der Waals surface area contributed by atoms with Gasteiger partial charge in [-0.3, -0.25) is 0 Å². The molecule has 0 unspecified atom stereocenters. The maximum atomic E-state index is 6.28. The van der Waals surface area contributed by atoms with Crippen molar-refractivity contribution in [3.05, 3.63) is 70.8 Å². The lowest BCUT2D eigenvalue weighted by Gasteiger charge is -2.28. The molecule has 2 aromatic rings. The Morgan fingerprint density at radius 1 is 0.912 bits per heavy atom. The summed E-state index contributed by atoms with van der Waals surface area (Å²) in [6, 6.07) is 12.4. The van der Waals surface area contributed by atoms with Gasteiger partial charge in [0.1, 0.15) is 25.2 Å². The number of ether oxygens (including phenoxy) is 3. The maximum Gasteiger partial charge on any atom is 0.125 e. The topological polar surface area (TPSA) is 49.3 Å². The molecule has 1 fully saturated rings. The van der Waals surface area contributed by atoms with E-state index in [0.29, 0.717) is 25.0 Å². The quantitative estimate of drug-likeness (QED) is 0.200. The van der Waals surface area contributed by atoms with E-state index in [-0.39, 0.29) is 0 Å². The predicted molar refractivity (Wildman–Crippen MR) is 138 cm³/mol. The number of oxime groups is 1. The Bertz CT molecular complexity index is 905. The third-order valence-corrected chi connectivity index (χ3v) is 6.35. The van der Waals surface area contributed by atoms with Crippen LogP contribution >= 0.6 is 0 Å². The van der Waals surface area contributed by atoms with Crippen LogP contribution in [0.25, 0.3) is 0 Å². The van der Waals surface area contributed by atoms with Crippen LogP contribution in [0.15, 0.2) is 53.7 Å². The van der Waals surface area contributed by atoms with E-state index < -0.39 is 0 Å². The van der Waals surface area contributed by atoms with Crippen molar-refractivity contribution in [2.45, 2.75) is 53.1 Å². The lowest BCUT2D eigenvalue weighted by molar-refractivity contribution is 0.0618. The van der Waals surface area contributed by atoms with Gasteiger partial charge in [0.15, 0.2) is 0 Å². The molecule has 0 N–H and O–H groups in total. The summed E-state index contributed by atoms with van der Waals surface area (Å²) in [4.78, 5) is 4.71. The second-order valence-corrected chi connectivity index (χ2v) is 9.14. The number of aryl methyl sites for hydroxylation is 2. The molecule has 0 amide bonds. The van der Waals surface area contributed by atoms with Crippen molar-refractivity contribution in [2.75, 3.05) is 26.9 Å². The van der Waals surface area contributed by atoms with Gasteiger partial charge >= 0.3 is 0 Å². The van der Waals surface area contributed by atoms with Crippen LogP contribution in [0.4, 0.5) is 0 Å². The first-order valence-electron chi connectivity index (χ1n) is 12.3. The van der Waals surface area contributed by atoms with E-state index in [2.05, 4.69) is 43.3 Å². The van der Waals surface area contributed by atoms with Gasteiger partial charge in [-0.05, 0) is 92.7 Å². The molecule has 0 aromatic heterocycles. The molecule has 184 valence electrons. The highest BCUT2D eigenvalue weighted by Gasteiger charge is 2.22. The molecule has 0 radical (unpaired) electrons.